The molecule has 2 saturated heterocycles. The number of benzene rings is 2. The van der Waals surface area contributed by atoms with Crippen LogP contribution in [0.15, 0.2) is 48.5 Å². The summed E-state index contributed by atoms with van der Waals surface area (Å²) >= 11 is 0. The Balaban J connectivity index is 1.50. The number of ether oxygens (including phenoxy) is 1. The molecule has 2 atom stereocenters. The predicted molar refractivity (Wildman–Crippen MR) is 104 cm³/mol. The Kier molecular flexibility index (Phi) is 5.03. The number of halogens is 1. The highest BCUT2D eigenvalue weighted by molar-refractivity contribution is 6.00. The molecule has 2 aromatic carbocycles. The van der Waals surface area contributed by atoms with Gasteiger partial charge in [0.25, 0.3) is 0 Å². The lowest BCUT2D eigenvalue weighted by Crippen LogP contribution is -2.37. The number of nitrogens with zero attached hydrogens (tertiary/aromatic N) is 2. The van der Waals surface area contributed by atoms with Crippen LogP contribution in [-0.2, 0) is 9.59 Å². The first-order chi connectivity index (χ1) is 13.6. The van der Waals surface area contributed by atoms with Crippen molar-refractivity contribution >= 4 is 17.5 Å². The van der Waals surface area contributed by atoms with E-state index < -0.39 is 11.7 Å². The number of methoxy groups -OCH3 is 1. The molecule has 0 aromatic heterocycles. The van der Waals surface area contributed by atoms with Crippen molar-refractivity contribution in [2.45, 2.75) is 25.3 Å². The van der Waals surface area contributed by atoms with Crippen molar-refractivity contribution in [3.05, 3.63) is 59.9 Å². The molecule has 0 bridgehead atoms. The van der Waals surface area contributed by atoms with Gasteiger partial charge in [0.05, 0.1) is 24.8 Å². The number of rotatable bonds is 4. The third-order valence-electron chi connectivity index (χ3n) is 5.65. The van der Waals surface area contributed by atoms with Gasteiger partial charge in [-0.25, -0.2) is 4.39 Å². The zero-order chi connectivity index (χ0) is 19.7. The van der Waals surface area contributed by atoms with Crippen molar-refractivity contribution in [1.82, 2.24) is 4.90 Å². The number of likely N-dealkylation sites (tertiary alicyclic amines) is 1. The van der Waals surface area contributed by atoms with Gasteiger partial charge in [-0.3, -0.25) is 9.59 Å². The van der Waals surface area contributed by atoms with E-state index in [0.29, 0.717) is 6.54 Å². The maximum atomic E-state index is 14.1. The minimum absolute atomic E-state index is 0.0102. The van der Waals surface area contributed by atoms with Crippen LogP contribution in [0.3, 0.4) is 0 Å². The van der Waals surface area contributed by atoms with E-state index in [-0.39, 0.29) is 36.5 Å². The molecule has 0 N–H and O–H groups in total. The summed E-state index contributed by atoms with van der Waals surface area (Å²) in [5.41, 5.74) is 1.32. The van der Waals surface area contributed by atoms with Gasteiger partial charge in [-0.15, -0.1) is 0 Å². The van der Waals surface area contributed by atoms with E-state index in [0.717, 1.165) is 24.2 Å². The lowest BCUT2D eigenvalue weighted by Gasteiger charge is -2.28. The third-order valence-corrected chi connectivity index (χ3v) is 5.65. The molecule has 4 rings (SSSR count). The number of para-hydroxylation sites is 1. The van der Waals surface area contributed by atoms with Crippen molar-refractivity contribution < 1.29 is 18.7 Å². The molecule has 5 nitrogen and oxygen atoms in total. The molecule has 0 spiro atoms. The summed E-state index contributed by atoms with van der Waals surface area (Å²) in [4.78, 5) is 28.9. The lowest BCUT2D eigenvalue weighted by molar-refractivity contribution is -0.136. The van der Waals surface area contributed by atoms with Crippen LogP contribution >= 0.6 is 0 Å². The van der Waals surface area contributed by atoms with E-state index in [1.54, 1.807) is 25.3 Å². The van der Waals surface area contributed by atoms with Crippen molar-refractivity contribution in [1.29, 1.82) is 0 Å². The van der Waals surface area contributed by atoms with E-state index in [2.05, 4.69) is 0 Å². The molecular weight excluding hydrogens is 359 g/mol. The Morgan fingerprint density at radius 1 is 1.14 bits per heavy atom. The fourth-order valence-electron chi connectivity index (χ4n) is 4.21. The van der Waals surface area contributed by atoms with E-state index in [1.807, 2.05) is 29.2 Å². The number of carbonyl (C=O) groups is 2. The van der Waals surface area contributed by atoms with Crippen LogP contribution in [0.5, 0.6) is 5.75 Å². The fourth-order valence-corrected chi connectivity index (χ4v) is 4.21. The second-order valence-electron chi connectivity index (χ2n) is 7.32. The normalized spacial score (nSPS) is 22.0. The Hall–Kier alpha value is -2.89. The van der Waals surface area contributed by atoms with Crippen molar-refractivity contribution in [2.75, 3.05) is 25.1 Å². The van der Waals surface area contributed by atoms with Gasteiger partial charge in [0.2, 0.25) is 11.8 Å². The van der Waals surface area contributed by atoms with Gasteiger partial charge in [-0.2, -0.15) is 0 Å². The standard InChI is InChI=1S/C22H23FN2O3/c1-28-17-10-8-15(9-11-17)19-7-4-12-24(19)22(27)16-13-21(26)25(14-16)20-6-3-2-5-18(20)23/h2-3,5-6,8-11,16,19H,4,7,12-14H2,1H3/t16-,19+/m0/s1. The molecule has 2 aliphatic heterocycles. The van der Waals surface area contributed by atoms with Gasteiger partial charge in [-0.05, 0) is 42.7 Å². The predicted octanol–water partition coefficient (Wildman–Crippen LogP) is 3.55. The Morgan fingerprint density at radius 2 is 1.89 bits per heavy atom. The van der Waals surface area contributed by atoms with Crippen molar-refractivity contribution in [3.63, 3.8) is 0 Å². The lowest BCUT2D eigenvalue weighted by atomic mass is 10.0. The second-order valence-corrected chi connectivity index (χ2v) is 7.32. The van der Waals surface area contributed by atoms with E-state index in [9.17, 15) is 14.0 Å². The molecule has 0 unspecified atom stereocenters. The summed E-state index contributed by atoms with van der Waals surface area (Å²) in [5.74, 6) is -0.331. The fraction of sp³-hybridized carbons (Fsp3) is 0.364. The van der Waals surface area contributed by atoms with Crippen LogP contribution in [0.25, 0.3) is 0 Å². The summed E-state index contributed by atoms with van der Waals surface area (Å²) in [6.45, 7) is 0.907. The highest BCUT2D eigenvalue weighted by Gasteiger charge is 2.41. The maximum absolute atomic E-state index is 14.1. The van der Waals surface area contributed by atoms with Crippen LogP contribution in [0.2, 0.25) is 0 Å². The summed E-state index contributed by atoms with van der Waals surface area (Å²) < 4.78 is 19.3. The number of carbonyl (C=O) groups excluding carboxylic acids is 2. The maximum Gasteiger partial charge on any atom is 0.228 e. The monoisotopic (exact) mass is 382 g/mol. The van der Waals surface area contributed by atoms with E-state index in [1.165, 1.54) is 11.0 Å². The van der Waals surface area contributed by atoms with Gasteiger partial charge < -0.3 is 14.5 Å². The zero-order valence-corrected chi connectivity index (χ0v) is 15.8. The van der Waals surface area contributed by atoms with E-state index >= 15 is 0 Å². The van der Waals surface area contributed by atoms with Gasteiger partial charge in [0.15, 0.2) is 0 Å². The number of anilines is 1. The second kappa shape index (κ2) is 7.62. The van der Waals surface area contributed by atoms with Crippen LogP contribution in [0.1, 0.15) is 30.9 Å². The topological polar surface area (TPSA) is 49.9 Å². The van der Waals surface area contributed by atoms with Crippen LogP contribution < -0.4 is 9.64 Å². The highest BCUT2D eigenvalue weighted by Crippen LogP contribution is 2.36. The van der Waals surface area contributed by atoms with Crippen LogP contribution in [-0.4, -0.2) is 36.9 Å². The molecule has 0 saturated carbocycles. The number of hydrogen-bond acceptors (Lipinski definition) is 3. The van der Waals surface area contributed by atoms with Gasteiger partial charge in [0, 0.05) is 19.5 Å². The zero-order valence-electron chi connectivity index (χ0n) is 15.8. The molecule has 6 heteroatoms. The van der Waals surface area contributed by atoms with Gasteiger partial charge >= 0.3 is 0 Å². The smallest absolute Gasteiger partial charge is 0.228 e. The Morgan fingerprint density at radius 3 is 2.61 bits per heavy atom. The van der Waals surface area contributed by atoms with Crippen LogP contribution in [0.4, 0.5) is 10.1 Å². The minimum atomic E-state index is -0.443. The number of hydrogen-bond donors (Lipinski definition) is 0. The first kappa shape index (κ1) is 18.5. The molecule has 2 aliphatic rings. The molecule has 0 aliphatic carbocycles. The number of amides is 2. The summed E-state index contributed by atoms with van der Waals surface area (Å²) in [7, 11) is 1.62. The SMILES string of the molecule is COc1ccc([C@H]2CCCN2C(=O)[C@H]2CC(=O)N(c3ccccc3F)C2)cc1. The Labute approximate surface area is 163 Å². The minimum Gasteiger partial charge on any atom is -0.497 e. The quantitative estimate of drug-likeness (QED) is 0.813. The molecule has 0 radical (unpaired) electrons. The average Bonchev–Trinajstić information content (AvgIpc) is 3.35. The largest absolute Gasteiger partial charge is 0.497 e. The average molecular weight is 382 g/mol. The molecule has 2 fully saturated rings. The molecule has 28 heavy (non-hydrogen) atoms. The third kappa shape index (κ3) is 3.35. The van der Waals surface area contributed by atoms with Gasteiger partial charge in [-0.1, -0.05) is 24.3 Å². The molecule has 2 amide bonds. The summed E-state index contributed by atoms with van der Waals surface area (Å²) in [6, 6.07) is 14.0. The molecular formula is C22H23FN2O3. The van der Waals surface area contributed by atoms with Crippen molar-refractivity contribution in [2.24, 2.45) is 5.92 Å². The Bertz CT molecular complexity index is 884. The first-order valence-corrected chi connectivity index (χ1v) is 9.58. The summed E-state index contributed by atoms with van der Waals surface area (Å²) in [6.07, 6.45) is 1.95. The van der Waals surface area contributed by atoms with Gasteiger partial charge in [0.1, 0.15) is 11.6 Å². The molecule has 146 valence electrons. The van der Waals surface area contributed by atoms with E-state index in [4.69, 9.17) is 4.74 Å². The molecule has 2 heterocycles. The van der Waals surface area contributed by atoms with Crippen molar-refractivity contribution in [3.8, 4) is 5.75 Å². The van der Waals surface area contributed by atoms with Crippen LogP contribution in [0, 0.1) is 11.7 Å². The highest BCUT2D eigenvalue weighted by atomic mass is 19.1. The summed E-state index contributed by atoms with van der Waals surface area (Å²) in [5, 5.41) is 0. The first-order valence-electron chi connectivity index (χ1n) is 9.58. The molecule has 2 aromatic rings.